The number of ether oxygens (including phenoxy) is 2. The molecule has 0 heterocycles. The summed E-state index contributed by atoms with van der Waals surface area (Å²) in [7, 11) is -0.853. The van der Waals surface area contributed by atoms with Crippen LogP contribution in [0.5, 0.6) is 11.5 Å². The number of carbonyl (C=O) groups excluding carboxylic acids is 1. The van der Waals surface area contributed by atoms with Gasteiger partial charge >= 0.3 is 6.61 Å². The number of benzene rings is 2. The van der Waals surface area contributed by atoms with Crippen LogP contribution in [0, 0.1) is 0 Å². The molecule has 0 radical (unpaired) electrons. The molecule has 0 atom stereocenters. The van der Waals surface area contributed by atoms with E-state index in [9.17, 15) is 22.0 Å². The number of hydrogen-bond acceptors (Lipinski definition) is 5. The number of hydrogen-bond donors (Lipinski definition) is 1. The number of alkyl halides is 2. The summed E-state index contributed by atoms with van der Waals surface area (Å²) in [6.07, 6.45) is 0. The van der Waals surface area contributed by atoms with E-state index in [1.807, 2.05) is 0 Å². The smallest absolute Gasteiger partial charge is 0.387 e. The molecule has 2 aromatic carbocycles. The van der Waals surface area contributed by atoms with E-state index < -0.39 is 22.5 Å². The highest BCUT2D eigenvalue weighted by molar-refractivity contribution is 7.89. The van der Waals surface area contributed by atoms with Crippen molar-refractivity contribution in [2.75, 3.05) is 26.0 Å². The van der Waals surface area contributed by atoms with Gasteiger partial charge in [0.15, 0.2) is 11.5 Å². The van der Waals surface area contributed by atoms with Crippen molar-refractivity contribution in [2.24, 2.45) is 0 Å². The van der Waals surface area contributed by atoms with E-state index in [-0.39, 0.29) is 34.3 Å². The van der Waals surface area contributed by atoms with Crippen molar-refractivity contribution in [3.05, 3.63) is 48.0 Å². The van der Waals surface area contributed by atoms with Gasteiger partial charge in [-0.15, -0.1) is 0 Å². The first-order valence-electron chi connectivity index (χ1n) is 8.20. The fourth-order valence-corrected chi connectivity index (χ4v) is 3.21. The van der Waals surface area contributed by atoms with Gasteiger partial charge in [0.1, 0.15) is 0 Å². The highest BCUT2D eigenvalue weighted by Crippen LogP contribution is 2.30. The number of sulfonamides is 1. The molecule has 0 aliphatic heterocycles. The van der Waals surface area contributed by atoms with E-state index in [1.165, 1.54) is 56.6 Å². The van der Waals surface area contributed by atoms with E-state index in [1.54, 1.807) is 6.92 Å². The van der Waals surface area contributed by atoms with E-state index in [4.69, 9.17) is 4.74 Å². The van der Waals surface area contributed by atoms with E-state index in [0.717, 1.165) is 4.31 Å². The molecule has 0 bridgehead atoms. The van der Waals surface area contributed by atoms with Gasteiger partial charge in [-0.25, -0.2) is 12.7 Å². The van der Waals surface area contributed by atoms with Crippen LogP contribution in [0.15, 0.2) is 47.4 Å². The van der Waals surface area contributed by atoms with Gasteiger partial charge in [0, 0.05) is 25.3 Å². The Kier molecular flexibility index (Phi) is 6.92. The molecule has 0 aliphatic carbocycles. The lowest BCUT2D eigenvalue weighted by Gasteiger charge is -2.14. The van der Waals surface area contributed by atoms with Crippen LogP contribution >= 0.6 is 0 Å². The number of halogens is 2. The first-order valence-corrected chi connectivity index (χ1v) is 9.64. The standard InChI is InChI=1S/C18H20F2N2O5S/c1-4-26-16-10-12(8-9-15(16)27-18(19)20)17(23)21-13-6-5-7-14(11-13)28(24,25)22(2)3/h5-11,18H,4H2,1-3H3,(H,21,23). The lowest BCUT2D eigenvalue weighted by molar-refractivity contribution is -0.0514. The van der Waals surface area contributed by atoms with Gasteiger partial charge in [-0.2, -0.15) is 8.78 Å². The molecule has 2 rings (SSSR count). The van der Waals surface area contributed by atoms with Crippen molar-refractivity contribution in [1.82, 2.24) is 4.31 Å². The van der Waals surface area contributed by atoms with Gasteiger partial charge in [-0.3, -0.25) is 4.79 Å². The Hall–Kier alpha value is -2.72. The Labute approximate surface area is 161 Å². The summed E-state index contributed by atoms with van der Waals surface area (Å²) < 4.78 is 60.0. The zero-order valence-electron chi connectivity index (χ0n) is 15.5. The number of nitrogens with one attached hydrogen (secondary N) is 1. The normalized spacial score (nSPS) is 11.5. The number of carbonyl (C=O) groups is 1. The largest absolute Gasteiger partial charge is 0.490 e. The Balaban J connectivity index is 2.27. The zero-order chi connectivity index (χ0) is 20.9. The highest BCUT2D eigenvalue weighted by Gasteiger charge is 2.18. The molecule has 1 N–H and O–H groups in total. The van der Waals surface area contributed by atoms with Crippen molar-refractivity contribution >= 4 is 21.6 Å². The van der Waals surface area contributed by atoms with Gasteiger partial charge < -0.3 is 14.8 Å². The molecule has 0 saturated carbocycles. The molecule has 0 unspecified atom stereocenters. The molecule has 2 aromatic rings. The first-order chi connectivity index (χ1) is 13.1. The summed E-state index contributed by atoms with van der Waals surface area (Å²) in [5, 5.41) is 2.57. The Morgan fingerprint density at radius 1 is 1.14 bits per heavy atom. The Morgan fingerprint density at radius 2 is 1.86 bits per heavy atom. The topological polar surface area (TPSA) is 84.9 Å². The monoisotopic (exact) mass is 414 g/mol. The van der Waals surface area contributed by atoms with Gasteiger partial charge in [-0.05, 0) is 43.3 Å². The van der Waals surface area contributed by atoms with Crippen molar-refractivity contribution in [2.45, 2.75) is 18.4 Å². The summed E-state index contributed by atoms with van der Waals surface area (Å²) in [6.45, 7) is -1.18. The molecule has 152 valence electrons. The van der Waals surface area contributed by atoms with E-state index in [0.29, 0.717) is 0 Å². The maximum atomic E-state index is 12.5. The number of rotatable bonds is 8. The molecule has 0 aliphatic rings. The third-order valence-corrected chi connectivity index (χ3v) is 5.40. The minimum Gasteiger partial charge on any atom is -0.490 e. The van der Waals surface area contributed by atoms with Crippen LogP contribution in [0.25, 0.3) is 0 Å². The summed E-state index contributed by atoms with van der Waals surface area (Å²) in [5.74, 6) is -0.754. The quantitative estimate of drug-likeness (QED) is 0.717. The van der Waals surface area contributed by atoms with E-state index >= 15 is 0 Å². The van der Waals surface area contributed by atoms with Crippen molar-refractivity contribution in [1.29, 1.82) is 0 Å². The second kappa shape index (κ2) is 8.98. The Morgan fingerprint density at radius 3 is 2.46 bits per heavy atom. The molecule has 0 aromatic heterocycles. The molecule has 28 heavy (non-hydrogen) atoms. The molecule has 1 amide bonds. The molecule has 0 fully saturated rings. The summed E-state index contributed by atoms with van der Waals surface area (Å²) in [6, 6.07) is 9.55. The van der Waals surface area contributed by atoms with Crippen molar-refractivity contribution < 1.29 is 31.5 Å². The minimum absolute atomic E-state index is 0.000568. The molecular weight excluding hydrogens is 394 g/mol. The third kappa shape index (κ3) is 5.17. The molecule has 10 heteroatoms. The van der Waals surface area contributed by atoms with Gasteiger partial charge in [-0.1, -0.05) is 6.07 Å². The number of nitrogens with zero attached hydrogens (tertiary/aromatic N) is 1. The fourth-order valence-electron chi connectivity index (χ4n) is 2.26. The molecule has 7 nitrogen and oxygen atoms in total. The fraction of sp³-hybridized carbons (Fsp3) is 0.278. The number of amides is 1. The van der Waals surface area contributed by atoms with Gasteiger partial charge in [0.2, 0.25) is 10.0 Å². The van der Waals surface area contributed by atoms with Crippen LogP contribution in [-0.4, -0.2) is 45.9 Å². The van der Waals surface area contributed by atoms with Crippen LogP contribution in [0.1, 0.15) is 17.3 Å². The predicted molar refractivity (Wildman–Crippen MR) is 99.5 cm³/mol. The van der Waals surface area contributed by atoms with Crippen molar-refractivity contribution in [3.63, 3.8) is 0 Å². The second-order valence-corrected chi connectivity index (χ2v) is 7.89. The molecular formula is C18H20F2N2O5S. The average molecular weight is 414 g/mol. The highest BCUT2D eigenvalue weighted by atomic mass is 32.2. The maximum Gasteiger partial charge on any atom is 0.387 e. The lowest BCUT2D eigenvalue weighted by atomic mass is 10.2. The van der Waals surface area contributed by atoms with Crippen LogP contribution < -0.4 is 14.8 Å². The number of anilines is 1. The molecule has 0 spiro atoms. The van der Waals surface area contributed by atoms with Crippen LogP contribution in [-0.2, 0) is 10.0 Å². The molecule has 0 saturated heterocycles. The van der Waals surface area contributed by atoms with Crippen LogP contribution in [0.2, 0.25) is 0 Å². The zero-order valence-corrected chi connectivity index (χ0v) is 16.3. The minimum atomic E-state index is -3.66. The van der Waals surface area contributed by atoms with Crippen molar-refractivity contribution in [3.8, 4) is 11.5 Å². The van der Waals surface area contributed by atoms with Crippen LogP contribution in [0.3, 0.4) is 0 Å². The van der Waals surface area contributed by atoms with Crippen LogP contribution in [0.4, 0.5) is 14.5 Å². The predicted octanol–water partition coefficient (Wildman–Crippen LogP) is 3.19. The third-order valence-electron chi connectivity index (χ3n) is 3.59. The van der Waals surface area contributed by atoms with E-state index in [2.05, 4.69) is 10.1 Å². The lowest BCUT2D eigenvalue weighted by Crippen LogP contribution is -2.22. The Bertz CT molecular complexity index is 949. The van der Waals surface area contributed by atoms with Gasteiger partial charge in [0.25, 0.3) is 5.91 Å². The average Bonchev–Trinajstić information content (AvgIpc) is 2.63. The second-order valence-electron chi connectivity index (χ2n) is 5.74. The summed E-state index contributed by atoms with van der Waals surface area (Å²) in [4.78, 5) is 12.5. The SMILES string of the molecule is CCOc1cc(C(=O)Nc2cccc(S(=O)(=O)N(C)C)c2)ccc1OC(F)F. The van der Waals surface area contributed by atoms with Gasteiger partial charge in [0.05, 0.1) is 11.5 Å². The maximum absolute atomic E-state index is 12.5. The summed E-state index contributed by atoms with van der Waals surface area (Å²) in [5.41, 5.74) is 0.393. The summed E-state index contributed by atoms with van der Waals surface area (Å²) >= 11 is 0. The first kappa shape index (κ1) is 21.6.